The highest BCUT2D eigenvalue weighted by Crippen LogP contribution is 2.26. The Hall–Kier alpha value is -2.38. The molecule has 0 aliphatic heterocycles. The van der Waals surface area contributed by atoms with Gasteiger partial charge in [0.15, 0.2) is 0 Å². The van der Waals surface area contributed by atoms with Crippen LogP contribution in [0.15, 0.2) is 78.9 Å². The van der Waals surface area contributed by atoms with Gasteiger partial charge in [0.05, 0.1) is 0 Å². The quantitative estimate of drug-likeness (QED) is 0.856. The van der Waals surface area contributed by atoms with Gasteiger partial charge in [0.2, 0.25) is 0 Å². The maximum Gasteiger partial charge on any atom is 0.0416 e. The highest BCUT2D eigenvalue weighted by atomic mass is 14.6. The fourth-order valence-electron chi connectivity index (χ4n) is 2.55. The summed E-state index contributed by atoms with van der Waals surface area (Å²) >= 11 is 0. The molecule has 104 valence electrons. The molecule has 2 aromatic carbocycles. The number of benzene rings is 2. The highest BCUT2D eigenvalue weighted by molar-refractivity contribution is 5.78. The maximum atomic E-state index is 5.88. The maximum absolute atomic E-state index is 5.88. The Bertz CT molecular complexity index is 718. The Morgan fingerprint density at radius 1 is 0.857 bits per heavy atom. The van der Waals surface area contributed by atoms with Gasteiger partial charge in [-0.1, -0.05) is 78.9 Å². The lowest BCUT2D eigenvalue weighted by atomic mass is 9.97. The molecule has 0 bridgehead atoms. The van der Waals surface area contributed by atoms with E-state index in [2.05, 4.69) is 67.6 Å². The van der Waals surface area contributed by atoms with Crippen molar-refractivity contribution < 1.29 is 0 Å². The van der Waals surface area contributed by atoms with Gasteiger partial charge < -0.3 is 5.73 Å². The first kappa shape index (κ1) is 13.6. The molecule has 21 heavy (non-hydrogen) atoms. The molecule has 0 radical (unpaired) electrons. The predicted octanol–water partition coefficient (Wildman–Crippen LogP) is 4.50. The van der Waals surface area contributed by atoms with Crippen molar-refractivity contribution in [3.05, 3.63) is 90.0 Å². The van der Waals surface area contributed by atoms with Gasteiger partial charge in [-0.2, -0.15) is 0 Å². The topological polar surface area (TPSA) is 26.0 Å². The summed E-state index contributed by atoms with van der Waals surface area (Å²) in [7, 11) is 0. The Kier molecular flexibility index (Phi) is 3.85. The van der Waals surface area contributed by atoms with Gasteiger partial charge in [0, 0.05) is 6.04 Å². The lowest BCUT2D eigenvalue weighted by Gasteiger charge is -2.08. The number of hydrogen-bond donors (Lipinski definition) is 1. The Labute approximate surface area is 126 Å². The van der Waals surface area contributed by atoms with Crippen LogP contribution < -0.4 is 5.73 Å². The van der Waals surface area contributed by atoms with Crippen molar-refractivity contribution in [3.8, 4) is 11.1 Å². The second-order valence-electron chi connectivity index (χ2n) is 5.34. The van der Waals surface area contributed by atoms with Crippen molar-refractivity contribution >= 4 is 5.57 Å². The van der Waals surface area contributed by atoms with E-state index in [4.69, 9.17) is 5.73 Å². The van der Waals surface area contributed by atoms with Crippen molar-refractivity contribution in [1.82, 2.24) is 0 Å². The summed E-state index contributed by atoms with van der Waals surface area (Å²) in [6.45, 7) is 2.14. The minimum atomic E-state index is 0.00462. The molecule has 2 N–H and O–H groups in total. The van der Waals surface area contributed by atoms with Crippen molar-refractivity contribution in [1.29, 1.82) is 0 Å². The molecule has 0 aromatic heterocycles. The monoisotopic (exact) mass is 273 g/mol. The molecule has 0 spiro atoms. The smallest absolute Gasteiger partial charge is 0.0416 e. The number of nitrogens with two attached hydrogens (primary N) is 1. The largest absolute Gasteiger partial charge is 0.321 e. The fraction of sp³-hybridized carbons (Fsp3) is 0.100. The summed E-state index contributed by atoms with van der Waals surface area (Å²) in [4.78, 5) is 0. The second kappa shape index (κ2) is 5.94. The molecule has 1 aliphatic carbocycles. The van der Waals surface area contributed by atoms with Gasteiger partial charge in [-0.05, 0) is 34.8 Å². The molecule has 1 nitrogen and oxygen atoms in total. The average molecular weight is 273 g/mol. The fourth-order valence-corrected chi connectivity index (χ4v) is 2.55. The van der Waals surface area contributed by atoms with Gasteiger partial charge >= 0.3 is 0 Å². The lowest BCUT2D eigenvalue weighted by molar-refractivity contribution is 1.03. The van der Waals surface area contributed by atoms with E-state index in [1.54, 1.807) is 0 Å². The van der Waals surface area contributed by atoms with Gasteiger partial charge in [-0.25, -0.2) is 0 Å². The minimum Gasteiger partial charge on any atom is -0.321 e. The van der Waals surface area contributed by atoms with E-state index < -0.39 is 0 Å². The molecule has 1 heteroatoms. The third-order valence-electron chi connectivity index (χ3n) is 3.78. The molecule has 0 fully saturated rings. The van der Waals surface area contributed by atoms with Crippen LogP contribution in [-0.4, -0.2) is 6.04 Å². The zero-order valence-corrected chi connectivity index (χ0v) is 12.2. The zero-order chi connectivity index (χ0) is 14.7. The Balaban J connectivity index is 1.92. The normalized spacial score (nSPS) is 17.4. The third-order valence-corrected chi connectivity index (χ3v) is 3.78. The van der Waals surface area contributed by atoms with Gasteiger partial charge in [0.25, 0.3) is 0 Å². The van der Waals surface area contributed by atoms with Gasteiger partial charge in [-0.3, -0.25) is 0 Å². The van der Waals surface area contributed by atoms with Crippen LogP contribution in [0, 0.1) is 6.92 Å². The van der Waals surface area contributed by atoms with E-state index in [0.29, 0.717) is 0 Å². The van der Waals surface area contributed by atoms with E-state index >= 15 is 0 Å². The molecule has 3 rings (SSSR count). The molecular formula is C20H19N. The minimum absolute atomic E-state index is 0.00462. The summed E-state index contributed by atoms with van der Waals surface area (Å²) in [6.07, 6.45) is 10.2. The summed E-state index contributed by atoms with van der Waals surface area (Å²) < 4.78 is 0. The standard InChI is InChI=1S/C20H19N/c1-15-5-2-3-8-20(15)18-11-9-17(10-12-18)16-6-4-7-19(21)14-13-16/h2-14,19H,21H2,1H3. The summed E-state index contributed by atoms with van der Waals surface area (Å²) in [5.41, 5.74) is 12.1. The SMILES string of the molecule is Cc1ccccc1-c1ccc(C2=CC=CC(N)C=C2)cc1. The first-order valence-corrected chi connectivity index (χ1v) is 7.23. The van der Waals surface area contributed by atoms with Crippen LogP contribution in [0.3, 0.4) is 0 Å². The number of allylic oxidation sites excluding steroid dienone is 4. The van der Waals surface area contributed by atoms with Crippen molar-refractivity contribution in [2.75, 3.05) is 0 Å². The van der Waals surface area contributed by atoms with Crippen LogP contribution in [0.1, 0.15) is 11.1 Å². The number of rotatable bonds is 2. The van der Waals surface area contributed by atoms with E-state index in [-0.39, 0.29) is 6.04 Å². The summed E-state index contributed by atoms with van der Waals surface area (Å²) in [5, 5.41) is 0. The second-order valence-corrected chi connectivity index (χ2v) is 5.34. The molecule has 0 saturated carbocycles. The Morgan fingerprint density at radius 3 is 2.33 bits per heavy atom. The van der Waals surface area contributed by atoms with Gasteiger partial charge in [0.1, 0.15) is 0 Å². The summed E-state index contributed by atoms with van der Waals surface area (Å²) in [6, 6.07) is 17.2. The third kappa shape index (κ3) is 3.04. The van der Waals surface area contributed by atoms with E-state index in [9.17, 15) is 0 Å². The van der Waals surface area contributed by atoms with Crippen LogP contribution in [-0.2, 0) is 0 Å². The molecule has 2 aromatic rings. The average Bonchev–Trinajstić information content (AvgIpc) is 2.73. The number of hydrogen-bond acceptors (Lipinski definition) is 1. The van der Waals surface area contributed by atoms with Gasteiger partial charge in [-0.15, -0.1) is 0 Å². The highest BCUT2D eigenvalue weighted by Gasteiger charge is 2.04. The van der Waals surface area contributed by atoms with Crippen molar-refractivity contribution in [2.24, 2.45) is 5.73 Å². The molecule has 0 heterocycles. The van der Waals surface area contributed by atoms with Crippen LogP contribution in [0.25, 0.3) is 16.7 Å². The first-order chi connectivity index (χ1) is 10.2. The van der Waals surface area contributed by atoms with Crippen molar-refractivity contribution in [2.45, 2.75) is 13.0 Å². The molecule has 1 atom stereocenters. The van der Waals surface area contributed by atoms with Crippen LogP contribution in [0.5, 0.6) is 0 Å². The Morgan fingerprint density at radius 2 is 1.57 bits per heavy atom. The predicted molar refractivity (Wildman–Crippen MR) is 90.8 cm³/mol. The molecule has 0 saturated heterocycles. The number of aryl methyl sites for hydroxylation is 1. The van der Waals surface area contributed by atoms with Crippen LogP contribution in [0.2, 0.25) is 0 Å². The van der Waals surface area contributed by atoms with Crippen LogP contribution >= 0.6 is 0 Å². The molecular weight excluding hydrogens is 254 g/mol. The van der Waals surface area contributed by atoms with E-state index in [1.165, 1.54) is 27.8 Å². The molecule has 1 unspecified atom stereocenters. The van der Waals surface area contributed by atoms with Crippen LogP contribution in [0.4, 0.5) is 0 Å². The summed E-state index contributed by atoms with van der Waals surface area (Å²) in [5.74, 6) is 0. The molecule has 1 aliphatic rings. The first-order valence-electron chi connectivity index (χ1n) is 7.23. The molecule has 0 amide bonds. The van der Waals surface area contributed by atoms with E-state index in [0.717, 1.165) is 0 Å². The zero-order valence-electron chi connectivity index (χ0n) is 12.2. The van der Waals surface area contributed by atoms with E-state index in [1.807, 2.05) is 18.2 Å². The lowest BCUT2D eigenvalue weighted by Crippen LogP contribution is -2.11. The van der Waals surface area contributed by atoms with Crippen molar-refractivity contribution in [3.63, 3.8) is 0 Å².